The molecule has 0 aromatic rings. The number of hydrogen-bond donors (Lipinski definition) is 2. The summed E-state index contributed by atoms with van der Waals surface area (Å²) in [5.74, 6) is -1.54. The molecule has 0 aliphatic heterocycles. The van der Waals surface area contributed by atoms with Gasteiger partial charge in [0.2, 0.25) is 0 Å². The SMILES string of the molecule is CC(=CCCS(=O)(=O)O)C(=O)O.[Ca+2].[H-].[H-]. The summed E-state index contributed by atoms with van der Waals surface area (Å²) in [6, 6.07) is 0. The Morgan fingerprint density at radius 3 is 2.31 bits per heavy atom. The maximum Gasteiger partial charge on any atom is 2.00 e. The largest absolute Gasteiger partial charge is 2.00 e. The van der Waals surface area contributed by atoms with Crippen molar-refractivity contribution >= 4 is 53.8 Å². The van der Waals surface area contributed by atoms with Gasteiger partial charge in [-0.2, -0.15) is 8.42 Å². The Kier molecular flexibility index (Phi) is 8.26. The molecule has 0 aromatic carbocycles. The van der Waals surface area contributed by atoms with Gasteiger partial charge >= 0.3 is 43.7 Å². The van der Waals surface area contributed by atoms with E-state index in [0.717, 1.165) is 0 Å². The summed E-state index contributed by atoms with van der Waals surface area (Å²) in [6.07, 6.45) is 1.26. The smallest absolute Gasteiger partial charge is 1.00 e. The number of carbonyl (C=O) groups is 1. The molecule has 0 radical (unpaired) electrons. The van der Waals surface area contributed by atoms with Crippen molar-refractivity contribution in [3.63, 3.8) is 0 Å². The normalized spacial score (nSPS) is 12.0. The Hall–Kier alpha value is 0.380. The molecular weight excluding hydrogens is 224 g/mol. The van der Waals surface area contributed by atoms with Crippen LogP contribution >= 0.6 is 0 Å². The monoisotopic (exact) mass is 236 g/mol. The van der Waals surface area contributed by atoms with Crippen molar-refractivity contribution in [2.75, 3.05) is 5.75 Å². The van der Waals surface area contributed by atoms with E-state index in [9.17, 15) is 13.2 Å². The molecule has 2 N–H and O–H groups in total. The van der Waals surface area contributed by atoms with Gasteiger partial charge in [0.1, 0.15) is 0 Å². The molecule has 0 rings (SSSR count). The molecular formula is C6H12CaO5S. The van der Waals surface area contributed by atoms with Gasteiger partial charge in [-0.05, 0) is 13.3 Å². The first-order chi connectivity index (χ1) is 5.33. The molecule has 74 valence electrons. The van der Waals surface area contributed by atoms with Crippen molar-refractivity contribution in [2.45, 2.75) is 13.3 Å². The number of rotatable bonds is 4. The van der Waals surface area contributed by atoms with Crippen molar-refractivity contribution in [2.24, 2.45) is 0 Å². The van der Waals surface area contributed by atoms with Gasteiger partial charge in [-0.15, -0.1) is 0 Å². The molecule has 0 amide bonds. The molecule has 0 aromatic heterocycles. The summed E-state index contributed by atoms with van der Waals surface area (Å²) in [7, 11) is -3.98. The van der Waals surface area contributed by atoms with Crippen LogP contribution in [0.25, 0.3) is 0 Å². The Bertz CT molecular complexity index is 301. The van der Waals surface area contributed by atoms with Crippen LogP contribution in [0.3, 0.4) is 0 Å². The molecule has 0 saturated carbocycles. The minimum atomic E-state index is -3.98. The summed E-state index contributed by atoms with van der Waals surface area (Å²) in [5, 5.41) is 8.33. The molecule has 0 unspecified atom stereocenters. The molecule has 0 aliphatic carbocycles. The van der Waals surface area contributed by atoms with Crippen molar-refractivity contribution < 1.29 is 25.7 Å². The van der Waals surface area contributed by atoms with Gasteiger partial charge in [0.25, 0.3) is 10.1 Å². The van der Waals surface area contributed by atoms with Crippen LogP contribution in [0.15, 0.2) is 11.6 Å². The van der Waals surface area contributed by atoms with Gasteiger partial charge in [0, 0.05) is 5.57 Å². The number of aliphatic carboxylic acids is 1. The second kappa shape index (κ2) is 6.78. The van der Waals surface area contributed by atoms with E-state index in [1.54, 1.807) is 0 Å². The molecule has 0 aliphatic rings. The molecule has 0 spiro atoms. The minimum absolute atomic E-state index is 0. The Labute approximate surface area is 110 Å². The summed E-state index contributed by atoms with van der Waals surface area (Å²) in [6.45, 7) is 1.35. The van der Waals surface area contributed by atoms with E-state index in [1.807, 2.05) is 0 Å². The van der Waals surface area contributed by atoms with Crippen LogP contribution < -0.4 is 0 Å². The molecule has 7 heteroatoms. The Morgan fingerprint density at radius 2 is 2.00 bits per heavy atom. The van der Waals surface area contributed by atoms with Crippen molar-refractivity contribution in [3.05, 3.63) is 11.6 Å². The van der Waals surface area contributed by atoms with Crippen LogP contribution in [0.5, 0.6) is 0 Å². The van der Waals surface area contributed by atoms with Crippen molar-refractivity contribution in [1.29, 1.82) is 0 Å². The quantitative estimate of drug-likeness (QED) is 0.411. The fourth-order valence-corrected chi connectivity index (χ4v) is 0.927. The Balaban J connectivity index is -0.000000202. The topological polar surface area (TPSA) is 91.7 Å². The first-order valence-electron chi connectivity index (χ1n) is 3.18. The fourth-order valence-electron chi connectivity index (χ4n) is 0.512. The average Bonchev–Trinajstić information content (AvgIpc) is 1.84. The molecule has 0 bridgehead atoms. The van der Waals surface area contributed by atoms with Crippen LogP contribution in [0.4, 0.5) is 0 Å². The molecule has 13 heavy (non-hydrogen) atoms. The van der Waals surface area contributed by atoms with Crippen LogP contribution in [-0.4, -0.2) is 67.5 Å². The predicted octanol–water partition coefficient (Wildman–Crippen LogP) is 0.139. The number of carboxylic acids is 1. The van der Waals surface area contributed by atoms with Gasteiger partial charge in [-0.1, -0.05) is 6.08 Å². The van der Waals surface area contributed by atoms with Gasteiger partial charge in [-0.3, -0.25) is 4.55 Å². The number of carboxylic acid groups (broad SMARTS) is 1. The summed E-state index contributed by atoms with van der Waals surface area (Å²) in [5.41, 5.74) is 0.0682. The zero-order valence-electron chi connectivity index (χ0n) is 9.23. The zero-order valence-corrected chi connectivity index (χ0v) is 10.3. The molecule has 0 fully saturated rings. The third-order valence-electron chi connectivity index (χ3n) is 1.16. The van der Waals surface area contributed by atoms with Gasteiger partial charge in [0.05, 0.1) is 5.75 Å². The van der Waals surface area contributed by atoms with Gasteiger partial charge in [0.15, 0.2) is 0 Å². The van der Waals surface area contributed by atoms with E-state index >= 15 is 0 Å². The van der Waals surface area contributed by atoms with Crippen molar-refractivity contribution in [1.82, 2.24) is 0 Å². The molecule has 0 heterocycles. The van der Waals surface area contributed by atoms with E-state index in [2.05, 4.69) is 0 Å². The zero-order chi connectivity index (χ0) is 9.78. The van der Waals surface area contributed by atoms with Crippen LogP contribution in [0.1, 0.15) is 16.2 Å². The predicted molar refractivity (Wildman–Crippen MR) is 50.4 cm³/mol. The maximum absolute atomic E-state index is 10.2. The van der Waals surface area contributed by atoms with E-state index in [-0.39, 0.29) is 52.6 Å². The first-order valence-corrected chi connectivity index (χ1v) is 4.79. The molecule has 0 atom stereocenters. The second-order valence-electron chi connectivity index (χ2n) is 2.27. The maximum atomic E-state index is 10.2. The standard InChI is InChI=1S/C6H10O5S.Ca.2H/c1-5(6(7)8)3-2-4-12(9,10)11;;;/h3H,2,4H2,1H3,(H,7,8)(H,9,10,11);;;/q;+2;2*-1. The molecule has 5 nitrogen and oxygen atoms in total. The van der Waals surface area contributed by atoms with E-state index in [0.29, 0.717) is 0 Å². The van der Waals surface area contributed by atoms with Crippen LogP contribution in [0.2, 0.25) is 0 Å². The number of hydrogen-bond acceptors (Lipinski definition) is 3. The first kappa shape index (κ1) is 15.8. The fraction of sp³-hybridized carbons (Fsp3) is 0.500. The number of allylic oxidation sites excluding steroid dienone is 1. The van der Waals surface area contributed by atoms with Crippen LogP contribution in [0, 0.1) is 0 Å². The summed E-state index contributed by atoms with van der Waals surface area (Å²) < 4.78 is 28.6. The van der Waals surface area contributed by atoms with Gasteiger partial charge in [-0.25, -0.2) is 4.79 Å². The van der Waals surface area contributed by atoms with E-state index < -0.39 is 21.8 Å². The molecule has 0 saturated heterocycles. The minimum Gasteiger partial charge on any atom is -1.00 e. The summed E-state index contributed by atoms with van der Waals surface area (Å²) >= 11 is 0. The summed E-state index contributed by atoms with van der Waals surface area (Å²) in [4.78, 5) is 10.2. The third-order valence-corrected chi connectivity index (χ3v) is 1.92. The van der Waals surface area contributed by atoms with Crippen LogP contribution in [-0.2, 0) is 14.9 Å². The van der Waals surface area contributed by atoms with Crippen molar-refractivity contribution in [3.8, 4) is 0 Å². The van der Waals surface area contributed by atoms with Gasteiger partial charge < -0.3 is 7.96 Å². The van der Waals surface area contributed by atoms with E-state index in [1.165, 1.54) is 13.0 Å². The van der Waals surface area contributed by atoms with E-state index in [4.69, 9.17) is 9.66 Å². The second-order valence-corrected chi connectivity index (χ2v) is 3.84. The average molecular weight is 236 g/mol. The Morgan fingerprint density at radius 1 is 1.54 bits per heavy atom. The third kappa shape index (κ3) is 10.3.